The highest BCUT2D eigenvalue weighted by Crippen LogP contribution is 2.21. The Kier molecular flexibility index (Phi) is 5.68. The summed E-state index contributed by atoms with van der Waals surface area (Å²) in [5.41, 5.74) is 0. The van der Waals surface area contributed by atoms with Crippen LogP contribution in [0.3, 0.4) is 0 Å². The Balaban J connectivity index is 1.92. The predicted octanol–water partition coefficient (Wildman–Crippen LogP) is 2.45. The van der Waals surface area contributed by atoms with Crippen LogP contribution in [0.15, 0.2) is 0 Å². The topological polar surface area (TPSA) is 58.6 Å². The van der Waals surface area contributed by atoms with Gasteiger partial charge in [-0.15, -0.1) is 0 Å². The molecule has 0 spiro atoms. The number of esters is 1. The standard InChI is InChI=1S/C15H26N2O3/c1-2-20-14(18)13-10-6-7-11-17(13)15(19)16-12-8-4-3-5-9-12/h12-13H,2-11H2,1H3,(H,16,19). The number of piperidine rings is 1. The van der Waals surface area contributed by atoms with Crippen molar-refractivity contribution >= 4 is 12.0 Å². The van der Waals surface area contributed by atoms with Crippen molar-refractivity contribution in [2.75, 3.05) is 13.2 Å². The third kappa shape index (κ3) is 3.87. The summed E-state index contributed by atoms with van der Waals surface area (Å²) in [6, 6.07) is -0.206. The molecule has 0 aromatic carbocycles. The van der Waals surface area contributed by atoms with Crippen molar-refractivity contribution in [3.05, 3.63) is 0 Å². The Hall–Kier alpha value is -1.26. The Morgan fingerprint density at radius 2 is 1.80 bits per heavy atom. The molecule has 1 N–H and O–H groups in total. The first-order valence-corrected chi connectivity index (χ1v) is 7.96. The molecule has 1 unspecified atom stereocenters. The molecular weight excluding hydrogens is 256 g/mol. The van der Waals surface area contributed by atoms with Crippen molar-refractivity contribution in [1.29, 1.82) is 0 Å². The van der Waals surface area contributed by atoms with Gasteiger partial charge >= 0.3 is 12.0 Å². The van der Waals surface area contributed by atoms with Crippen LogP contribution < -0.4 is 5.32 Å². The fraction of sp³-hybridized carbons (Fsp3) is 0.867. The maximum absolute atomic E-state index is 12.4. The molecule has 2 fully saturated rings. The lowest BCUT2D eigenvalue weighted by Crippen LogP contribution is -2.54. The number of carbonyl (C=O) groups excluding carboxylic acids is 2. The van der Waals surface area contributed by atoms with E-state index < -0.39 is 6.04 Å². The smallest absolute Gasteiger partial charge is 0.328 e. The van der Waals surface area contributed by atoms with Crippen LogP contribution in [0.1, 0.15) is 58.3 Å². The van der Waals surface area contributed by atoms with E-state index in [1.165, 1.54) is 19.3 Å². The van der Waals surface area contributed by atoms with E-state index in [2.05, 4.69) is 5.32 Å². The minimum Gasteiger partial charge on any atom is -0.464 e. The number of nitrogens with one attached hydrogen (secondary N) is 1. The molecule has 1 saturated heterocycles. The summed E-state index contributed by atoms with van der Waals surface area (Å²) in [4.78, 5) is 26.0. The number of ether oxygens (including phenoxy) is 1. The largest absolute Gasteiger partial charge is 0.464 e. The van der Waals surface area contributed by atoms with Crippen LogP contribution in [0.4, 0.5) is 4.79 Å². The Morgan fingerprint density at radius 1 is 1.10 bits per heavy atom. The van der Waals surface area contributed by atoms with Crippen LogP contribution >= 0.6 is 0 Å². The molecule has 0 bridgehead atoms. The summed E-state index contributed by atoms with van der Waals surface area (Å²) >= 11 is 0. The van der Waals surface area contributed by atoms with Gasteiger partial charge in [0.1, 0.15) is 6.04 Å². The minimum atomic E-state index is -0.396. The summed E-state index contributed by atoms with van der Waals surface area (Å²) in [5, 5.41) is 3.09. The van der Waals surface area contributed by atoms with Crippen LogP contribution in [-0.4, -0.2) is 42.1 Å². The van der Waals surface area contributed by atoms with E-state index in [9.17, 15) is 9.59 Å². The fourth-order valence-corrected chi connectivity index (χ4v) is 3.16. The molecule has 20 heavy (non-hydrogen) atoms. The SMILES string of the molecule is CCOC(=O)C1CCCCN1C(=O)NC1CCCCC1. The summed E-state index contributed by atoms with van der Waals surface area (Å²) in [6.45, 7) is 2.82. The quantitative estimate of drug-likeness (QED) is 0.809. The number of carbonyl (C=O) groups is 2. The van der Waals surface area contributed by atoms with Gasteiger partial charge in [-0.2, -0.15) is 0 Å². The molecule has 5 heteroatoms. The Bertz CT molecular complexity index is 340. The van der Waals surface area contributed by atoms with Crippen molar-refractivity contribution in [2.45, 2.75) is 70.4 Å². The van der Waals surface area contributed by atoms with Gasteiger partial charge in [0.05, 0.1) is 6.61 Å². The molecule has 0 aromatic heterocycles. The lowest BCUT2D eigenvalue weighted by atomic mass is 9.95. The summed E-state index contributed by atoms with van der Waals surface area (Å²) in [7, 11) is 0. The van der Waals surface area contributed by atoms with Gasteiger partial charge in [-0.1, -0.05) is 19.3 Å². The first kappa shape index (κ1) is 15.1. The second-order valence-corrected chi connectivity index (χ2v) is 5.74. The zero-order valence-electron chi connectivity index (χ0n) is 12.4. The molecular formula is C15H26N2O3. The van der Waals surface area contributed by atoms with E-state index in [1.807, 2.05) is 0 Å². The number of rotatable bonds is 3. The second kappa shape index (κ2) is 7.50. The van der Waals surface area contributed by atoms with Crippen LogP contribution in [0.2, 0.25) is 0 Å². The first-order valence-electron chi connectivity index (χ1n) is 7.96. The third-order valence-corrected chi connectivity index (χ3v) is 4.26. The first-order chi connectivity index (χ1) is 9.72. The predicted molar refractivity (Wildman–Crippen MR) is 76.4 cm³/mol. The lowest BCUT2D eigenvalue weighted by Gasteiger charge is -2.35. The molecule has 1 atom stereocenters. The van der Waals surface area contributed by atoms with Gasteiger partial charge in [0.2, 0.25) is 0 Å². The summed E-state index contributed by atoms with van der Waals surface area (Å²) in [5.74, 6) is -0.258. The normalized spacial score (nSPS) is 24.2. The molecule has 1 heterocycles. The number of nitrogens with zero attached hydrogens (tertiary/aromatic N) is 1. The van der Waals surface area contributed by atoms with Gasteiger partial charge in [-0.3, -0.25) is 0 Å². The molecule has 0 aromatic rings. The highest BCUT2D eigenvalue weighted by Gasteiger charge is 2.33. The van der Waals surface area contributed by atoms with Crippen LogP contribution in [0.25, 0.3) is 0 Å². The fourth-order valence-electron chi connectivity index (χ4n) is 3.16. The molecule has 2 amide bonds. The van der Waals surface area contributed by atoms with Crippen molar-refractivity contribution in [1.82, 2.24) is 10.2 Å². The average molecular weight is 282 g/mol. The number of hydrogen-bond donors (Lipinski definition) is 1. The second-order valence-electron chi connectivity index (χ2n) is 5.74. The van der Waals surface area contributed by atoms with Crippen LogP contribution in [0.5, 0.6) is 0 Å². The monoisotopic (exact) mass is 282 g/mol. The number of amides is 2. The lowest BCUT2D eigenvalue weighted by molar-refractivity contribution is -0.149. The molecule has 0 radical (unpaired) electrons. The van der Waals surface area contributed by atoms with E-state index in [0.717, 1.165) is 32.1 Å². The van der Waals surface area contributed by atoms with E-state index in [-0.39, 0.29) is 18.0 Å². The molecule has 1 aliphatic heterocycles. The highest BCUT2D eigenvalue weighted by molar-refractivity contribution is 5.84. The summed E-state index contributed by atoms with van der Waals surface area (Å²) in [6.07, 6.45) is 8.43. The summed E-state index contributed by atoms with van der Waals surface area (Å²) < 4.78 is 5.09. The number of likely N-dealkylation sites (tertiary alicyclic amines) is 1. The molecule has 1 saturated carbocycles. The maximum Gasteiger partial charge on any atom is 0.328 e. The highest BCUT2D eigenvalue weighted by atomic mass is 16.5. The average Bonchev–Trinajstić information content (AvgIpc) is 2.48. The van der Waals surface area contributed by atoms with Gasteiger partial charge in [0, 0.05) is 12.6 Å². The van der Waals surface area contributed by atoms with Gasteiger partial charge in [-0.05, 0) is 39.0 Å². The van der Waals surface area contributed by atoms with E-state index in [4.69, 9.17) is 4.74 Å². The maximum atomic E-state index is 12.4. The van der Waals surface area contributed by atoms with E-state index in [1.54, 1.807) is 11.8 Å². The van der Waals surface area contributed by atoms with E-state index in [0.29, 0.717) is 13.2 Å². The minimum absolute atomic E-state index is 0.0883. The Labute approximate surface area is 121 Å². The van der Waals surface area contributed by atoms with Gasteiger partial charge in [0.15, 0.2) is 0 Å². The van der Waals surface area contributed by atoms with Crippen molar-refractivity contribution in [2.24, 2.45) is 0 Å². The van der Waals surface area contributed by atoms with Crippen molar-refractivity contribution in [3.63, 3.8) is 0 Å². The zero-order chi connectivity index (χ0) is 14.4. The number of hydrogen-bond acceptors (Lipinski definition) is 3. The molecule has 114 valence electrons. The molecule has 2 aliphatic rings. The van der Waals surface area contributed by atoms with Gasteiger partial charge in [-0.25, -0.2) is 9.59 Å². The van der Waals surface area contributed by atoms with Crippen molar-refractivity contribution < 1.29 is 14.3 Å². The molecule has 2 rings (SSSR count). The van der Waals surface area contributed by atoms with E-state index >= 15 is 0 Å². The molecule has 5 nitrogen and oxygen atoms in total. The Morgan fingerprint density at radius 3 is 2.50 bits per heavy atom. The third-order valence-electron chi connectivity index (χ3n) is 4.26. The van der Waals surface area contributed by atoms with Crippen molar-refractivity contribution in [3.8, 4) is 0 Å². The van der Waals surface area contributed by atoms with Gasteiger partial charge < -0.3 is 15.0 Å². The van der Waals surface area contributed by atoms with Gasteiger partial charge in [0.25, 0.3) is 0 Å². The van der Waals surface area contributed by atoms with Crippen LogP contribution in [0, 0.1) is 0 Å². The zero-order valence-corrected chi connectivity index (χ0v) is 12.4. The molecule has 1 aliphatic carbocycles. The van der Waals surface area contributed by atoms with Crippen LogP contribution in [-0.2, 0) is 9.53 Å². The number of urea groups is 1.